The molecule has 1 aromatic heterocycles. The molecule has 2 unspecified atom stereocenters. The number of aromatic nitrogens is 2. The van der Waals surface area contributed by atoms with Crippen LogP contribution in [0.2, 0.25) is 5.15 Å². The normalized spacial score (nSPS) is 23.7. The highest BCUT2D eigenvalue weighted by Crippen LogP contribution is 2.43. The zero-order valence-electron chi connectivity index (χ0n) is 8.53. The zero-order chi connectivity index (χ0) is 11.0. The maximum atomic E-state index is 10.9. The summed E-state index contributed by atoms with van der Waals surface area (Å²) in [6, 6.07) is 0. The van der Waals surface area contributed by atoms with Gasteiger partial charge in [0, 0.05) is 12.5 Å². The summed E-state index contributed by atoms with van der Waals surface area (Å²) in [5, 5.41) is 0.460. The number of fused-ring (bicyclic) bond motifs is 1. The van der Waals surface area contributed by atoms with Gasteiger partial charge in [0.25, 0.3) is 0 Å². The fraction of sp³-hybridized carbons (Fsp3) is 0.500. The van der Waals surface area contributed by atoms with Gasteiger partial charge >= 0.3 is 5.97 Å². The Bertz CT molecular complexity index is 408. The van der Waals surface area contributed by atoms with Crippen molar-refractivity contribution >= 4 is 17.6 Å². The van der Waals surface area contributed by atoms with E-state index in [4.69, 9.17) is 16.3 Å². The highest BCUT2D eigenvalue weighted by Gasteiger charge is 2.34. The van der Waals surface area contributed by atoms with E-state index in [9.17, 15) is 4.79 Å². The molecule has 1 heterocycles. The van der Waals surface area contributed by atoms with E-state index < -0.39 is 0 Å². The molecule has 0 saturated carbocycles. The first-order valence-electron chi connectivity index (χ1n) is 4.77. The summed E-state index contributed by atoms with van der Waals surface area (Å²) in [5.41, 5.74) is 1.66. The number of ether oxygens (including phenoxy) is 1. The highest BCUT2D eigenvalue weighted by atomic mass is 35.5. The van der Waals surface area contributed by atoms with Gasteiger partial charge < -0.3 is 4.74 Å². The fourth-order valence-corrected chi connectivity index (χ4v) is 2.28. The Labute approximate surface area is 92.6 Å². The van der Waals surface area contributed by atoms with Crippen LogP contribution in [0.15, 0.2) is 6.33 Å². The molecule has 1 aliphatic rings. The lowest BCUT2D eigenvalue weighted by molar-refractivity contribution is -0.146. The molecule has 0 fully saturated rings. The predicted octanol–water partition coefficient (Wildman–Crippen LogP) is 2.24. The van der Waals surface area contributed by atoms with E-state index in [0.717, 1.165) is 17.7 Å². The predicted molar refractivity (Wildman–Crippen MR) is 54.6 cm³/mol. The first-order chi connectivity index (χ1) is 7.09. The molecule has 0 radical (unpaired) electrons. The molecule has 0 aliphatic heterocycles. The van der Waals surface area contributed by atoms with E-state index in [2.05, 4.69) is 9.97 Å². The molecular formula is C10H11ClN2O2. The fourth-order valence-electron chi connectivity index (χ4n) is 1.95. The molecule has 2 atom stereocenters. The Morgan fingerprint density at radius 3 is 3.00 bits per heavy atom. The number of hydrogen-bond acceptors (Lipinski definition) is 4. The molecule has 0 N–H and O–H groups in total. The molecule has 0 spiro atoms. The molecule has 80 valence electrons. The third kappa shape index (κ3) is 1.81. The standard InChI is InChI=1S/C10H11ClN2O2/c1-5-3-7(15-6(2)14)9-8(5)10(11)13-4-12-9/h4-5,7H,3H2,1-2H3. The topological polar surface area (TPSA) is 52.1 Å². The van der Waals surface area contributed by atoms with Crippen LogP contribution in [0.25, 0.3) is 0 Å². The van der Waals surface area contributed by atoms with Crippen LogP contribution in [-0.2, 0) is 9.53 Å². The first-order valence-corrected chi connectivity index (χ1v) is 5.15. The van der Waals surface area contributed by atoms with Crippen molar-refractivity contribution in [2.75, 3.05) is 0 Å². The van der Waals surface area contributed by atoms with Gasteiger partial charge in [-0.05, 0) is 12.3 Å². The zero-order valence-corrected chi connectivity index (χ0v) is 9.28. The van der Waals surface area contributed by atoms with Crippen molar-refractivity contribution in [3.63, 3.8) is 0 Å². The van der Waals surface area contributed by atoms with Gasteiger partial charge in [-0.25, -0.2) is 9.97 Å². The Hall–Kier alpha value is -1.16. The lowest BCUT2D eigenvalue weighted by atomic mass is 10.1. The van der Waals surface area contributed by atoms with E-state index in [1.54, 1.807) is 0 Å². The molecule has 2 rings (SSSR count). The van der Waals surface area contributed by atoms with Crippen molar-refractivity contribution < 1.29 is 9.53 Å². The van der Waals surface area contributed by atoms with Gasteiger partial charge in [-0.2, -0.15) is 0 Å². The number of esters is 1. The summed E-state index contributed by atoms with van der Waals surface area (Å²) in [7, 11) is 0. The molecule has 15 heavy (non-hydrogen) atoms. The van der Waals surface area contributed by atoms with Crippen molar-refractivity contribution in [1.82, 2.24) is 9.97 Å². The van der Waals surface area contributed by atoms with Crippen LogP contribution >= 0.6 is 11.6 Å². The number of hydrogen-bond donors (Lipinski definition) is 0. The van der Waals surface area contributed by atoms with Gasteiger partial charge in [-0.15, -0.1) is 0 Å². The molecule has 5 heteroatoms. The van der Waals surface area contributed by atoms with Gasteiger partial charge in [0.2, 0.25) is 0 Å². The Morgan fingerprint density at radius 2 is 2.33 bits per heavy atom. The van der Waals surface area contributed by atoms with Gasteiger partial charge in [0.15, 0.2) is 0 Å². The molecular weight excluding hydrogens is 216 g/mol. The summed E-state index contributed by atoms with van der Waals surface area (Å²) in [4.78, 5) is 19.0. The second kappa shape index (κ2) is 3.77. The Kier molecular flexibility index (Phi) is 2.61. The van der Waals surface area contributed by atoms with Gasteiger partial charge in [-0.1, -0.05) is 18.5 Å². The lowest BCUT2D eigenvalue weighted by Gasteiger charge is -2.10. The number of halogens is 1. The average molecular weight is 227 g/mol. The summed E-state index contributed by atoms with van der Waals surface area (Å²) < 4.78 is 5.18. The van der Waals surface area contributed by atoms with E-state index >= 15 is 0 Å². The number of carbonyl (C=O) groups is 1. The smallest absolute Gasteiger partial charge is 0.303 e. The van der Waals surface area contributed by atoms with Gasteiger partial charge in [-0.3, -0.25) is 4.79 Å². The quantitative estimate of drug-likeness (QED) is 0.544. The molecule has 0 aromatic carbocycles. The number of carbonyl (C=O) groups excluding carboxylic acids is 1. The van der Waals surface area contributed by atoms with Crippen LogP contribution in [-0.4, -0.2) is 15.9 Å². The maximum absolute atomic E-state index is 10.9. The molecule has 0 saturated heterocycles. The largest absolute Gasteiger partial charge is 0.456 e. The molecule has 1 aromatic rings. The van der Waals surface area contributed by atoms with E-state index in [1.165, 1.54) is 13.3 Å². The van der Waals surface area contributed by atoms with Crippen LogP contribution in [0.3, 0.4) is 0 Å². The first kappa shape index (κ1) is 10.4. The van der Waals surface area contributed by atoms with E-state index in [0.29, 0.717) is 5.15 Å². The second-order valence-corrected chi connectivity index (χ2v) is 4.06. The van der Waals surface area contributed by atoms with E-state index in [-0.39, 0.29) is 18.0 Å². The molecule has 1 aliphatic carbocycles. The van der Waals surface area contributed by atoms with Crippen molar-refractivity contribution in [1.29, 1.82) is 0 Å². The van der Waals surface area contributed by atoms with Crippen molar-refractivity contribution in [3.05, 3.63) is 22.7 Å². The second-order valence-electron chi connectivity index (χ2n) is 3.70. The minimum absolute atomic E-state index is 0.234. The summed E-state index contributed by atoms with van der Waals surface area (Å²) in [5.74, 6) is -0.0622. The molecule has 4 nitrogen and oxygen atoms in total. The monoisotopic (exact) mass is 226 g/mol. The van der Waals surface area contributed by atoms with Gasteiger partial charge in [0.1, 0.15) is 17.6 Å². The van der Waals surface area contributed by atoms with Crippen molar-refractivity contribution in [3.8, 4) is 0 Å². The SMILES string of the molecule is CC(=O)OC1CC(C)c2c(Cl)ncnc21. The number of nitrogens with zero attached hydrogens (tertiary/aromatic N) is 2. The summed E-state index contributed by atoms with van der Waals surface area (Å²) in [6.45, 7) is 3.42. The lowest BCUT2D eigenvalue weighted by Crippen LogP contribution is -2.06. The minimum atomic E-state index is -0.296. The maximum Gasteiger partial charge on any atom is 0.303 e. The van der Waals surface area contributed by atoms with Crippen LogP contribution in [0, 0.1) is 0 Å². The Morgan fingerprint density at radius 1 is 1.60 bits per heavy atom. The van der Waals surface area contributed by atoms with Crippen LogP contribution < -0.4 is 0 Å². The van der Waals surface area contributed by atoms with Crippen LogP contribution in [0.4, 0.5) is 0 Å². The van der Waals surface area contributed by atoms with Crippen LogP contribution in [0.5, 0.6) is 0 Å². The molecule has 0 amide bonds. The average Bonchev–Trinajstić information content (AvgIpc) is 2.44. The van der Waals surface area contributed by atoms with E-state index in [1.807, 2.05) is 6.92 Å². The molecule has 0 bridgehead atoms. The minimum Gasteiger partial charge on any atom is -0.456 e. The third-order valence-electron chi connectivity index (χ3n) is 2.54. The number of rotatable bonds is 1. The third-order valence-corrected chi connectivity index (χ3v) is 2.84. The van der Waals surface area contributed by atoms with Crippen molar-refractivity contribution in [2.24, 2.45) is 0 Å². The van der Waals surface area contributed by atoms with Crippen LogP contribution in [0.1, 0.15) is 43.5 Å². The van der Waals surface area contributed by atoms with Crippen molar-refractivity contribution in [2.45, 2.75) is 32.3 Å². The van der Waals surface area contributed by atoms with Gasteiger partial charge in [0.05, 0.1) is 5.69 Å². The summed E-state index contributed by atoms with van der Waals surface area (Å²) >= 11 is 5.97. The summed E-state index contributed by atoms with van der Waals surface area (Å²) in [6.07, 6.45) is 1.86. The highest BCUT2D eigenvalue weighted by molar-refractivity contribution is 6.30. The Balaban J connectivity index is 2.38.